The highest BCUT2D eigenvalue weighted by atomic mass is 31.2. The van der Waals surface area contributed by atoms with Crippen LogP contribution in [0.4, 0.5) is 0 Å². The van der Waals surface area contributed by atoms with Crippen LogP contribution < -0.4 is 0 Å². The third-order valence-corrected chi connectivity index (χ3v) is 10.00. The molecule has 0 aromatic heterocycles. The van der Waals surface area contributed by atoms with E-state index in [1.807, 2.05) is 12.2 Å². The molecule has 0 aromatic carbocycles. The second-order valence-corrected chi connectivity index (χ2v) is 16.1. The standard InChI is InChI=1S/C48H81O10P/c1-3-5-7-9-11-13-15-17-19-21-22-24-26-28-30-32-34-36-38-40-48(52)58-46(44-57-59(53,54)56-42-45(50)41-49)43-55-47(51)39-37-35-33-31-29-27-25-23-20-18-16-14-12-10-8-6-4-2/h5,7,11,13-14,16-17,19,22,24,28,30,34,36,45-46,49-50H,3-4,6,8-10,12,15,18,20-21,23,25-27,29,31-33,35,37-44H2,1-2H3,(H,53,54)/b7-5+,13-11+,16-14+,19-17+,24-22+,30-28+,36-34+/t45-,46+/m0/s1. The van der Waals surface area contributed by atoms with Crippen molar-refractivity contribution in [3.63, 3.8) is 0 Å². The summed E-state index contributed by atoms with van der Waals surface area (Å²) in [5.74, 6) is -1.03. The lowest BCUT2D eigenvalue weighted by Crippen LogP contribution is -2.29. The van der Waals surface area contributed by atoms with E-state index < -0.39 is 51.8 Å². The number of esters is 2. The molecule has 0 aliphatic rings. The fourth-order valence-corrected chi connectivity index (χ4v) is 6.39. The van der Waals surface area contributed by atoms with E-state index in [1.54, 1.807) is 0 Å². The van der Waals surface area contributed by atoms with Crippen molar-refractivity contribution < 1.29 is 47.8 Å². The molecule has 0 aliphatic carbocycles. The van der Waals surface area contributed by atoms with Gasteiger partial charge in [-0.15, -0.1) is 0 Å². The van der Waals surface area contributed by atoms with E-state index >= 15 is 0 Å². The van der Waals surface area contributed by atoms with Gasteiger partial charge in [0.05, 0.1) is 19.8 Å². The summed E-state index contributed by atoms with van der Waals surface area (Å²) >= 11 is 0. The molecule has 0 heterocycles. The van der Waals surface area contributed by atoms with Crippen LogP contribution in [0.15, 0.2) is 85.1 Å². The summed E-state index contributed by atoms with van der Waals surface area (Å²) in [5.41, 5.74) is 0. The maximum Gasteiger partial charge on any atom is 0.472 e. The summed E-state index contributed by atoms with van der Waals surface area (Å²) in [6.07, 6.45) is 51.3. The minimum absolute atomic E-state index is 0.0548. The molecular formula is C48H81O10P. The first kappa shape index (κ1) is 56.1. The molecule has 0 aromatic rings. The Morgan fingerprint density at radius 1 is 0.525 bits per heavy atom. The van der Waals surface area contributed by atoms with Crippen LogP contribution in [0.3, 0.4) is 0 Å². The molecule has 338 valence electrons. The Morgan fingerprint density at radius 3 is 1.47 bits per heavy atom. The van der Waals surface area contributed by atoms with Gasteiger partial charge in [-0.2, -0.15) is 0 Å². The second kappa shape index (κ2) is 43.2. The van der Waals surface area contributed by atoms with Crippen molar-refractivity contribution in [2.75, 3.05) is 26.4 Å². The number of ether oxygens (including phenoxy) is 2. The van der Waals surface area contributed by atoms with Gasteiger partial charge in [0.2, 0.25) is 0 Å². The van der Waals surface area contributed by atoms with Gasteiger partial charge in [-0.25, -0.2) is 4.57 Å². The highest BCUT2D eigenvalue weighted by molar-refractivity contribution is 7.47. The molecule has 59 heavy (non-hydrogen) atoms. The van der Waals surface area contributed by atoms with E-state index in [2.05, 4.69) is 91.3 Å². The van der Waals surface area contributed by atoms with Gasteiger partial charge in [0.15, 0.2) is 6.10 Å². The number of unbranched alkanes of at least 4 members (excludes halogenated alkanes) is 13. The number of aliphatic hydroxyl groups is 2. The van der Waals surface area contributed by atoms with Crippen LogP contribution in [-0.2, 0) is 32.7 Å². The van der Waals surface area contributed by atoms with Crippen LogP contribution in [-0.4, -0.2) is 65.7 Å². The van der Waals surface area contributed by atoms with Crippen molar-refractivity contribution in [1.82, 2.24) is 0 Å². The molecule has 1 unspecified atom stereocenters. The molecule has 0 aliphatic heterocycles. The topological polar surface area (TPSA) is 149 Å². The van der Waals surface area contributed by atoms with Crippen LogP contribution in [0.5, 0.6) is 0 Å². The molecule has 3 N–H and O–H groups in total. The lowest BCUT2D eigenvalue weighted by Gasteiger charge is -2.20. The Balaban J connectivity index is 4.41. The monoisotopic (exact) mass is 849 g/mol. The van der Waals surface area contributed by atoms with Crippen molar-refractivity contribution >= 4 is 19.8 Å². The molecule has 10 nitrogen and oxygen atoms in total. The molecule has 0 fully saturated rings. The SMILES string of the molecule is CC/C=C/C/C=C/C/C=C/C/C=C/C/C=C/C/C=C/CCC(=O)O[C@H](COC(=O)CCCCCCCCCCC/C=C/CCCCCC)COP(=O)(O)OC[C@@H](O)CO. The van der Waals surface area contributed by atoms with Gasteiger partial charge < -0.3 is 24.6 Å². The Hall–Kier alpha value is -2.85. The number of hydrogen-bond acceptors (Lipinski definition) is 9. The molecule has 0 rings (SSSR count). The quantitative estimate of drug-likeness (QED) is 0.0235. The predicted molar refractivity (Wildman–Crippen MR) is 242 cm³/mol. The zero-order valence-electron chi connectivity index (χ0n) is 36.7. The lowest BCUT2D eigenvalue weighted by molar-refractivity contribution is -0.161. The van der Waals surface area contributed by atoms with Gasteiger partial charge >= 0.3 is 19.8 Å². The van der Waals surface area contributed by atoms with Crippen molar-refractivity contribution in [2.24, 2.45) is 0 Å². The highest BCUT2D eigenvalue weighted by Gasteiger charge is 2.27. The smallest absolute Gasteiger partial charge is 0.462 e. The summed E-state index contributed by atoms with van der Waals surface area (Å²) in [6.45, 7) is 2.16. The average molecular weight is 849 g/mol. The first-order chi connectivity index (χ1) is 28.7. The largest absolute Gasteiger partial charge is 0.472 e. The number of hydrogen-bond donors (Lipinski definition) is 3. The number of phosphoric acid groups is 1. The molecule has 0 saturated heterocycles. The van der Waals surface area contributed by atoms with E-state index in [-0.39, 0.29) is 19.4 Å². The molecule has 11 heteroatoms. The Bertz CT molecular complexity index is 1250. The van der Waals surface area contributed by atoms with Gasteiger partial charge in [0.1, 0.15) is 12.7 Å². The molecule has 0 saturated carbocycles. The fraction of sp³-hybridized carbons (Fsp3) is 0.667. The molecule has 0 amide bonds. The zero-order valence-corrected chi connectivity index (χ0v) is 37.6. The lowest BCUT2D eigenvalue weighted by atomic mass is 10.1. The summed E-state index contributed by atoms with van der Waals surface area (Å²) in [7, 11) is -4.64. The Labute approximate surface area is 358 Å². The fourth-order valence-electron chi connectivity index (χ4n) is 5.60. The average Bonchev–Trinajstić information content (AvgIpc) is 3.22. The van der Waals surface area contributed by atoms with Gasteiger partial charge in [-0.05, 0) is 77.0 Å². The molecule has 0 radical (unpaired) electrons. The Kier molecular flexibility index (Phi) is 41.2. The second-order valence-electron chi connectivity index (χ2n) is 14.7. The minimum atomic E-state index is -4.64. The highest BCUT2D eigenvalue weighted by Crippen LogP contribution is 2.43. The van der Waals surface area contributed by atoms with Crippen LogP contribution in [0, 0.1) is 0 Å². The third-order valence-electron chi connectivity index (χ3n) is 9.05. The van der Waals surface area contributed by atoms with E-state index in [4.69, 9.17) is 19.1 Å². The first-order valence-corrected chi connectivity index (χ1v) is 24.0. The number of aliphatic hydroxyl groups excluding tert-OH is 2. The van der Waals surface area contributed by atoms with Crippen molar-refractivity contribution in [2.45, 2.75) is 180 Å². The van der Waals surface area contributed by atoms with Crippen LogP contribution >= 0.6 is 7.82 Å². The maximum atomic E-state index is 12.6. The number of allylic oxidation sites excluding steroid dienone is 14. The molecular weight excluding hydrogens is 767 g/mol. The summed E-state index contributed by atoms with van der Waals surface area (Å²) in [5, 5.41) is 18.3. The summed E-state index contributed by atoms with van der Waals surface area (Å²) in [4.78, 5) is 35.0. The van der Waals surface area contributed by atoms with E-state index in [9.17, 15) is 24.2 Å². The first-order valence-electron chi connectivity index (χ1n) is 22.5. The number of phosphoric ester groups is 1. The molecule has 3 atom stereocenters. The normalized spacial score (nSPS) is 14.6. The van der Waals surface area contributed by atoms with Crippen molar-refractivity contribution in [1.29, 1.82) is 0 Å². The van der Waals surface area contributed by atoms with Crippen LogP contribution in [0.25, 0.3) is 0 Å². The van der Waals surface area contributed by atoms with Crippen molar-refractivity contribution in [3.8, 4) is 0 Å². The third kappa shape index (κ3) is 43.1. The Morgan fingerprint density at radius 2 is 0.966 bits per heavy atom. The van der Waals surface area contributed by atoms with E-state index in [0.29, 0.717) is 12.8 Å². The number of carbonyl (C=O) groups excluding carboxylic acids is 2. The molecule has 0 bridgehead atoms. The van der Waals surface area contributed by atoms with E-state index in [1.165, 1.54) is 70.6 Å². The summed E-state index contributed by atoms with van der Waals surface area (Å²) in [6, 6.07) is 0. The minimum Gasteiger partial charge on any atom is -0.462 e. The van der Waals surface area contributed by atoms with Gasteiger partial charge in [-0.3, -0.25) is 18.6 Å². The van der Waals surface area contributed by atoms with Crippen LogP contribution in [0.2, 0.25) is 0 Å². The number of rotatable bonds is 41. The molecule has 0 spiro atoms. The van der Waals surface area contributed by atoms with Gasteiger partial charge in [-0.1, -0.05) is 163 Å². The van der Waals surface area contributed by atoms with Crippen LogP contribution in [0.1, 0.15) is 168 Å². The zero-order chi connectivity index (χ0) is 43.3. The maximum absolute atomic E-state index is 12.6. The summed E-state index contributed by atoms with van der Waals surface area (Å²) < 4.78 is 32.7. The van der Waals surface area contributed by atoms with Gasteiger partial charge in [0.25, 0.3) is 0 Å². The van der Waals surface area contributed by atoms with Gasteiger partial charge in [0, 0.05) is 12.8 Å². The van der Waals surface area contributed by atoms with E-state index in [0.717, 1.165) is 57.8 Å². The van der Waals surface area contributed by atoms with Crippen molar-refractivity contribution in [3.05, 3.63) is 85.1 Å². The predicted octanol–water partition coefficient (Wildman–Crippen LogP) is 12.2. The number of carbonyl (C=O) groups is 2.